The van der Waals surface area contributed by atoms with Gasteiger partial charge in [-0.05, 0) is 46.6 Å². The monoisotopic (exact) mass is 325 g/mol. The van der Waals surface area contributed by atoms with E-state index in [1.807, 2.05) is 6.92 Å². The molecule has 6 heteroatoms. The Hall–Kier alpha value is -1.46. The summed E-state index contributed by atoms with van der Waals surface area (Å²) in [5.41, 5.74) is 1.86. The molecular weight excluding hydrogens is 318 g/mol. The second-order valence-electron chi connectivity index (χ2n) is 3.63. The Morgan fingerprint density at radius 1 is 1.44 bits per heavy atom. The number of amides is 1. The first kappa shape index (κ1) is 13.0. The zero-order chi connectivity index (χ0) is 13.1. The predicted molar refractivity (Wildman–Crippen MR) is 73.9 cm³/mol. The highest BCUT2D eigenvalue weighted by Gasteiger charge is 2.11. The molecule has 0 aliphatic rings. The first-order chi connectivity index (χ1) is 8.58. The lowest BCUT2D eigenvalue weighted by molar-refractivity contribution is 0.102. The van der Waals surface area contributed by atoms with Gasteiger partial charge in [-0.1, -0.05) is 11.6 Å². The van der Waals surface area contributed by atoms with E-state index in [1.165, 1.54) is 6.20 Å². The molecule has 92 valence electrons. The zero-order valence-corrected chi connectivity index (χ0v) is 11.8. The van der Waals surface area contributed by atoms with Gasteiger partial charge in [0.15, 0.2) is 0 Å². The molecule has 0 atom stereocenters. The maximum Gasteiger partial charge on any atom is 0.258 e. The third-order valence-corrected chi connectivity index (χ3v) is 3.30. The Morgan fingerprint density at radius 3 is 2.89 bits per heavy atom. The zero-order valence-electron chi connectivity index (χ0n) is 9.45. The van der Waals surface area contributed by atoms with Crippen LogP contribution in [0.2, 0.25) is 5.15 Å². The fraction of sp³-hybridized carbons (Fsp3) is 0.0833. The van der Waals surface area contributed by atoms with E-state index in [-0.39, 0.29) is 5.91 Å². The Labute approximate surface area is 118 Å². The fourth-order valence-corrected chi connectivity index (χ4v) is 1.91. The number of hydrogen-bond acceptors (Lipinski definition) is 3. The highest BCUT2D eigenvalue weighted by molar-refractivity contribution is 9.10. The molecule has 4 nitrogen and oxygen atoms in total. The van der Waals surface area contributed by atoms with Crippen LogP contribution >= 0.6 is 27.5 Å². The Morgan fingerprint density at radius 2 is 2.22 bits per heavy atom. The van der Waals surface area contributed by atoms with E-state index in [9.17, 15) is 4.79 Å². The highest BCUT2D eigenvalue weighted by Crippen LogP contribution is 2.18. The summed E-state index contributed by atoms with van der Waals surface area (Å²) < 4.78 is 0.501. The smallest absolute Gasteiger partial charge is 0.258 e. The number of anilines is 1. The first-order valence-corrected chi connectivity index (χ1v) is 6.29. The molecule has 0 unspecified atom stereocenters. The van der Waals surface area contributed by atoms with Crippen LogP contribution in [0.1, 0.15) is 15.9 Å². The van der Waals surface area contributed by atoms with Crippen molar-refractivity contribution >= 4 is 39.1 Å². The van der Waals surface area contributed by atoms with Gasteiger partial charge in [0.05, 0.1) is 17.4 Å². The Balaban J connectivity index is 2.22. The molecule has 0 saturated carbocycles. The third-order valence-electron chi connectivity index (χ3n) is 2.28. The summed E-state index contributed by atoms with van der Waals surface area (Å²) in [5, 5.41) is 3.16. The maximum absolute atomic E-state index is 12.0. The van der Waals surface area contributed by atoms with Gasteiger partial charge in [-0.3, -0.25) is 4.79 Å². The van der Waals surface area contributed by atoms with Gasteiger partial charge in [-0.15, -0.1) is 0 Å². The van der Waals surface area contributed by atoms with Crippen molar-refractivity contribution in [1.82, 2.24) is 9.97 Å². The maximum atomic E-state index is 12.0. The van der Waals surface area contributed by atoms with E-state index >= 15 is 0 Å². The average Bonchev–Trinajstić information content (AvgIpc) is 2.34. The topological polar surface area (TPSA) is 54.9 Å². The lowest BCUT2D eigenvalue weighted by Crippen LogP contribution is -2.13. The predicted octanol–water partition coefficient (Wildman–Crippen LogP) is 3.45. The van der Waals surface area contributed by atoms with E-state index in [1.54, 1.807) is 24.4 Å². The van der Waals surface area contributed by atoms with Crippen LogP contribution in [0.5, 0.6) is 0 Å². The fourth-order valence-electron chi connectivity index (χ4n) is 1.38. The van der Waals surface area contributed by atoms with E-state index in [0.29, 0.717) is 21.0 Å². The number of nitrogens with one attached hydrogen (secondary N) is 1. The minimum atomic E-state index is -0.251. The van der Waals surface area contributed by atoms with Gasteiger partial charge >= 0.3 is 0 Å². The van der Waals surface area contributed by atoms with Crippen molar-refractivity contribution in [1.29, 1.82) is 0 Å². The van der Waals surface area contributed by atoms with Crippen LogP contribution in [-0.2, 0) is 0 Å². The summed E-state index contributed by atoms with van der Waals surface area (Å²) >= 11 is 9.05. The van der Waals surface area contributed by atoms with Crippen molar-refractivity contribution in [3.63, 3.8) is 0 Å². The van der Waals surface area contributed by atoms with Gasteiger partial charge in [-0.25, -0.2) is 9.97 Å². The number of hydrogen-bond donors (Lipinski definition) is 1. The van der Waals surface area contributed by atoms with E-state index < -0.39 is 0 Å². The molecule has 2 heterocycles. The summed E-state index contributed by atoms with van der Waals surface area (Å²) in [5.74, 6) is -0.251. The quantitative estimate of drug-likeness (QED) is 0.860. The van der Waals surface area contributed by atoms with Gasteiger partial charge in [0.25, 0.3) is 5.91 Å². The number of aryl methyl sites for hydroxylation is 1. The second kappa shape index (κ2) is 5.46. The molecule has 0 fully saturated rings. The van der Waals surface area contributed by atoms with Gasteiger partial charge in [0.2, 0.25) is 0 Å². The van der Waals surface area contributed by atoms with Crippen LogP contribution in [0.15, 0.2) is 35.2 Å². The van der Waals surface area contributed by atoms with Crippen molar-refractivity contribution in [3.8, 4) is 0 Å². The summed E-state index contributed by atoms with van der Waals surface area (Å²) in [4.78, 5) is 20.0. The van der Waals surface area contributed by atoms with Crippen LogP contribution < -0.4 is 5.32 Å². The Bertz CT molecular complexity index is 604. The minimum absolute atomic E-state index is 0.251. The van der Waals surface area contributed by atoms with Crippen LogP contribution in [0, 0.1) is 6.92 Å². The molecule has 2 rings (SSSR count). The van der Waals surface area contributed by atoms with Crippen molar-refractivity contribution in [3.05, 3.63) is 51.5 Å². The average molecular weight is 327 g/mol. The lowest BCUT2D eigenvalue weighted by atomic mass is 10.2. The number of halogens is 2. The molecule has 0 aliphatic carbocycles. The molecule has 0 aliphatic heterocycles. The van der Waals surface area contributed by atoms with Crippen LogP contribution in [-0.4, -0.2) is 15.9 Å². The molecule has 2 aromatic heterocycles. The Kier molecular flexibility index (Phi) is 3.93. The highest BCUT2D eigenvalue weighted by atomic mass is 79.9. The first-order valence-electron chi connectivity index (χ1n) is 5.12. The van der Waals surface area contributed by atoms with Crippen molar-refractivity contribution in [2.45, 2.75) is 6.92 Å². The van der Waals surface area contributed by atoms with Crippen molar-refractivity contribution < 1.29 is 4.79 Å². The van der Waals surface area contributed by atoms with E-state index in [4.69, 9.17) is 11.6 Å². The van der Waals surface area contributed by atoms with Gasteiger partial charge in [0, 0.05) is 6.20 Å². The molecule has 0 saturated heterocycles. The second-order valence-corrected chi connectivity index (χ2v) is 4.74. The van der Waals surface area contributed by atoms with Gasteiger partial charge < -0.3 is 5.32 Å². The summed E-state index contributed by atoms with van der Waals surface area (Å²) in [6, 6.07) is 5.14. The summed E-state index contributed by atoms with van der Waals surface area (Å²) in [6.07, 6.45) is 3.12. The van der Waals surface area contributed by atoms with Crippen LogP contribution in [0.3, 0.4) is 0 Å². The summed E-state index contributed by atoms with van der Waals surface area (Å²) in [6.45, 7) is 1.82. The standard InChI is InChI=1S/C12H9BrClN3O/c1-7-5-8(6-16-11(7)14)17-12(18)9-3-2-4-15-10(9)13/h2-6H,1H3,(H,17,18). The van der Waals surface area contributed by atoms with E-state index in [0.717, 1.165) is 5.56 Å². The van der Waals surface area contributed by atoms with Crippen molar-refractivity contribution in [2.75, 3.05) is 5.32 Å². The molecule has 0 bridgehead atoms. The normalized spacial score (nSPS) is 10.2. The molecule has 0 radical (unpaired) electrons. The van der Waals surface area contributed by atoms with Crippen molar-refractivity contribution in [2.24, 2.45) is 0 Å². The number of nitrogens with zero attached hydrogens (tertiary/aromatic N) is 2. The largest absolute Gasteiger partial charge is 0.320 e. The third kappa shape index (κ3) is 2.86. The molecule has 1 N–H and O–H groups in total. The van der Waals surface area contributed by atoms with Gasteiger partial charge in [-0.2, -0.15) is 0 Å². The number of carbonyl (C=O) groups is 1. The number of carbonyl (C=O) groups excluding carboxylic acids is 1. The SMILES string of the molecule is Cc1cc(NC(=O)c2cccnc2Br)cnc1Cl. The summed E-state index contributed by atoms with van der Waals surface area (Å²) in [7, 11) is 0. The van der Waals surface area contributed by atoms with E-state index in [2.05, 4.69) is 31.2 Å². The number of aromatic nitrogens is 2. The molecule has 0 aromatic carbocycles. The molecular formula is C12H9BrClN3O. The van der Waals surface area contributed by atoms with Crippen LogP contribution in [0.25, 0.3) is 0 Å². The lowest BCUT2D eigenvalue weighted by Gasteiger charge is -2.07. The molecule has 18 heavy (non-hydrogen) atoms. The molecule has 0 spiro atoms. The number of rotatable bonds is 2. The van der Waals surface area contributed by atoms with Crippen LogP contribution in [0.4, 0.5) is 5.69 Å². The minimum Gasteiger partial charge on any atom is -0.320 e. The molecule has 1 amide bonds. The molecule has 2 aromatic rings. The number of pyridine rings is 2. The van der Waals surface area contributed by atoms with Gasteiger partial charge in [0.1, 0.15) is 9.76 Å².